The van der Waals surface area contributed by atoms with Crippen LogP contribution in [0, 0.1) is 11.2 Å². The van der Waals surface area contributed by atoms with E-state index in [1.165, 1.54) is 24.3 Å². The van der Waals surface area contributed by atoms with E-state index in [4.69, 9.17) is 16.9 Å². The molecule has 3 amide bonds. The van der Waals surface area contributed by atoms with Gasteiger partial charge in [-0.1, -0.05) is 42.5 Å². The molecule has 0 spiro atoms. The largest absolute Gasteiger partial charge is 0.480 e. The van der Waals surface area contributed by atoms with Crippen LogP contribution in [0.15, 0.2) is 54.6 Å². The number of carboxylic acids is 1. The maximum atomic E-state index is 13.7. The van der Waals surface area contributed by atoms with Crippen LogP contribution in [-0.4, -0.2) is 64.3 Å². The number of amides is 3. The van der Waals surface area contributed by atoms with Crippen molar-refractivity contribution in [1.82, 2.24) is 15.5 Å². The standard InChI is InChI=1S/C26H33FN6O5/c1-16(34)33(22(25(37)38)15-17-6-3-2-4-7-17)24(36)21(14-18-9-11-19(27)12-10-18)32-23(35)20(28)8-5-13-31-26(29)30/h2-4,6-7,9-12,20-22H,5,8,13-15,28H2,1H3,(H,32,35)(H,37,38)(H4,29,30,31)/t20-,21-,22-/m0/s1. The van der Waals surface area contributed by atoms with E-state index in [0.717, 1.165) is 6.92 Å². The number of carboxylic acid groups (broad SMARTS) is 1. The fraction of sp³-hybridized carbons (Fsp3) is 0.346. The Morgan fingerprint density at radius 3 is 2.18 bits per heavy atom. The molecule has 204 valence electrons. The lowest BCUT2D eigenvalue weighted by Gasteiger charge is -2.31. The Balaban J connectivity index is 2.30. The van der Waals surface area contributed by atoms with Crippen molar-refractivity contribution >= 4 is 29.7 Å². The summed E-state index contributed by atoms with van der Waals surface area (Å²) in [4.78, 5) is 51.9. The van der Waals surface area contributed by atoms with Crippen LogP contribution in [0.25, 0.3) is 0 Å². The van der Waals surface area contributed by atoms with E-state index in [9.17, 15) is 28.7 Å². The van der Waals surface area contributed by atoms with Gasteiger partial charge in [-0.05, 0) is 36.1 Å². The summed E-state index contributed by atoms with van der Waals surface area (Å²) in [6, 6.07) is 9.83. The second-order valence-electron chi connectivity index (χ2n) is 8.75. The van der Waals surface area contributed by atoms with E-state index in [1.807, 2.05) is 0 Å². The van der Waals surface area contributed by atoms with Crippen LogP contribution in [0.5, 0.6) is 0 Å². The molecule has 0 heterocycles. The summed E-state index contributed by atoms with van der Waals surface area (Å²) in [6.07, 6.45) is 0.334. The molecule has 0 fully saturated rings. The van der Waals surface area contributed by atoms with Crippen molar-refractivity contribution in [3.8, 4) is 0 Å². The minimum atomic E-state index is -1.53. The lowest BCUT2D eigenvalue weighted by Crippen LogP contribution is -2.58. The maximum Gasteiger partial charge on any atom is 0.327 e. The fourth-order valence-corrected chi connectivity index (χ4v) is 3.83. The smallest absolute Gasteiger partial charge is 0.327 e. The number of guanidine groups is 1. The average molecular weight is 529 g/mol. The fourth-order valence-electron chi connectivity index (χ4n) is 3.83. The summed E-state index contributed by atoms with van der Waals surface area (Å²) in [5.41, 5.74) is 12.3. The predicted molar refractivity (Wildman–Crippen MR) is 138 cm³/mol. The SMILES string of the molecule is CC(=O)N(C(=O)[C@H](Cc1ccc(F)cc1)NC(=O)[C@@H](N)CCCNC(=N)N)[C@@H](Cc1ccccc1)C(=O)O. The molecule has 0 aliphatic carbocycles. The quantitative estimate of drug-likeness (QED) is 0.123. The highest BCUT2D eigenvalue weighted by Gasteiger charge is 2.37. The minimum Gasteiger partial charge on any atom is -0.480 e. The van der Waals surface area contributed by atoms with E-state index in [0.29, 0.717) is 29.0 Å². The van der Waals surface area contributed by atoms with Crippen molar-refractivity contribution in [2.24, 2.45) is 11.5 Å². The Kier molecular flexibility index (Phi) is 11.4. The van der Waals surface area contributed by atoms with Gasteiger partial charge in [-0.25, -0.2) is 9.18 Å². The molecule has 2 aromatic rings. The number of hydrogen-bond donors (Lipinski definition) is 6. The van der Waals surface area contributed by atoms with Crippen molar-refractivity contribution in [1.29, 1.82) is 5.41 Å². The molecule has 2 rings (SSSR count). The number of nitrogens with zero attached hydrogens (tertiary/aromatic N) is 1. The van der Waals surface area contributed by atoms with Gasteiger partial charge in [-0.3, -0.25) is 24.7 Å². The Bertz CT molecular complexity index is 1130. The van der Waals surface area contributed by atoms with Crippen LogP contribution in [0.1, 0.15) is 30.9 Å². The second kappa shape index (κ2) is 14.4. The van der Waals surface area contributed by atoms with Gasteiger partial charge in [0.05, 0.1) is 6.04 Å². The summed E-state index contributed by atoms with van der Waals surface area (Å²) in [6.45, 7) is 1.38. The van der Waals surface area contributed by atoms with E-state index in [-0.39, 0.29) is 25.2 Å². The second-order valence-corrected chi connectivity index (χ2v) is 8.75. The van der Waals surface area contributed by atoms with Gasteiger partial charge < -0.3 is 27.2 Å². The van der Waals surface area contributed by atoms with E-state index in [2.05, 4.69) is 10.6 Å². The van der Waals surface area contributed by atoms with Gasteiger partial charge in [0, 0.05) is 26.3 Å². The zero-order chi connectivity index (χ0) is 28.2. The summed E-state index contributed by atoms with van der Waals surface area (Å²) in [7, 11) is 0. The number of nitrogens with one attached hydrogen (secondary N) is 3. The van der Waals surface area contributed by atoms with E-state index < -0.39 is 47.6 Å². The molecule has 0 radical (unpaired) electrons. The molecule has 11 nitrogen and oxygen atoms in total. The molecule has 0 bridgehead atoms. The summed E-state index contributed by atoms with van der Waals surface area (Å²) in [5, 5.41) is 22.2. The van der Waals surface area contributed by atoms with Crippen molar-refractivity contribution in [3.63, 3.8) is 0 Å². The molecule has 0 unspecified atom stereocenters. The molecular weight excluding hydrogens is 495 g/mol. The number of halogens is 1. The molecule has 0 saturated carbocycles. The van der Waals surface area contributed by atoms with Crippen molar-refractivity contribution < 1.29 is 28.7 Å². The lowest BCUT2D eigenvalue weighted by molar-refractivity contribution is -0.158. The first kappa shape index (κ1) is 29.9. The molecular formula is C26H33FN6O5. The first-order valence-corrected chi connectivity index (χ1v) is 12.0. The topological polar surface area (TPSA) is 192 Å². The van der Waals surface area contributed by atoms with Crippen LogP contribution < -0.4 is 22.1 Å². The highest BCUT2D eigenvalue weighted by molar-refractivity contribution is 6.02. The van der Waals surface area contributed by atoms with Crippen LogP contribution in [0.2, 0.25) is 0 Å². The molecule has 38 heavy (non-hydrogen) atoms. The monoisotopic (exact) mass is 528 g/mol. The molecule has 0 aliphatic heterocycles. The Hall–Kier alpha value is -4.32. The average Bonchev–Trinajstić information content (AvgIpc) is 2.87. The van der Waals surface area contributed by atoms with Crippen LogP contribution >= 0.6 is 0 Å². The third-order valence-corrected chi connectivity index (χ3v) is 5.76. The summed E-state index contributed by atoms with van der Waals surface area (Å²) < 4.78 is 13.4. The summed E-state index contributed by atoms with van der Waals surface area (Å²) >= 11 is 0. The van der Waals surface area contributed by atoms with Gasteiger partial charge >= 0.3 is 5.97 Å². The molecule has 0 saturated heterocycles. The Labute approximate surface area is 219 Å². The normalized spacial score (nSPS) is 13.0. The third-order valence-electron chi connectivity index (χ3n) is 5.76. The third kappa shape index (κ3) is 9.28. The number of nitrogens with two attached hydrogens (primary N) is 2. The highest BCUT2D eigenvalue weighted by atomic mass is 19.1. The molecule has 12 heteroatoms. The van der Waals surface area contributed by atoms with Crippen LogP contribution in [-0.2, 0) is 32.0 Å². The predicted octanol–water partition coefficient (Wildman–Crippen LogP) is 0.515. The molecule has 3 atom stereocenters. The number of rotatable bonds is 13. The number of imide groups is 1. The van der Waals surface area contributed by atoms with Crippen LogP contribution in [0.4, 0.5) is 4.39 Å². The van der Waals surface area contributed by atoms with E-state index >= 15 is 0 Å². The Morgan fingerprint density at radius 2 is 1.63 bits per heavy atom. The van der Waals surface area contributed by atoms with Gasteiger partial charge in [0.1, 0.15) is 17.9 Å². The van der Waals surface area contributed by atoms with Gasteiger partial charge in [-0.15, -0.1) is 0 Å². The zero-order valence-electron chi connectivity index (χ0n) is 21.0. The maximum absolute atomic E-state index is 13.7. The van der Waals surface area contributed by atoms with Gasteiger partial charge in [-0.2, -0.15) is 0 Å². The van der Waals surface area contributed by atoms with Crippen molar-refractivity contribution in [2.45, 2.75) is 50.7 Å². The minimum absolute atomic E-state index is 0.134. The number of aliphatic carboxylic acids is 1. The van der Waals surface area contributed by atoms with Crippen molar-refractivity contribution in [2.75, 3.05) is 6.54 Å². The molecule has 0 aliphatic rings. The summed E-state index contributed by atoms with van der Waals surface area (Å²) in [5.74, 6) is -4.53. The first-order chi connectivity index (χ1) is 18.0. The number of hydrogen-bond acceptors (Lipinski definition) is 6. The lowest BCUT2D eigenvalue weighted by atomic mass is 10.00. The highest BCUT2D eigenvalue weighted by Crippen LogP contribution is 2.15. The van der Waals surface area contributed by atoms with Gasteiger partial charge in [0.25, 0.3) is 5.91 Å². The molecule has 8 N–H and O–H groups in total. The first-order valence-electron chi connectivity index (χ1n) is 12.0. The number of carbonyl (C=O) groups is 4. The zero-order valence-corrected chi connectivity index (χ0v) is 21.0. The number of benzene rings is 2. The van der Waals surface area contributed by atoms with Gasteiger partial charge in [0.15, 0.2) is 5.96 Å². The number of carbonyl (C=O) groups excluding carboxylic acids is 3. The molecule has 0 aromatic heterocycles. The molecule has 2 aromatic carbocycles. The van der Waals surface area contributed by atoms with Crippen LogP contribution in [0.3, 0.4) is 0 Å². The van der Waals surface area contributed by atoms with E-state index in [1.54, 1.807) is 30.3 Å². The van der Waals surface area contributed by atoms with Crippen molar-refractivity contribution in [3.05, 3.63) is 71.5 Å². The Morgan fingerprint density at radius 1 is 1.03 bits per heavy atom. The van der Waals surface area contributed by atoms with Gasteiger partial charge in [0.2, 0.25) is 11.8 Å².